The summed E-state index contributed by atoms with van der Waals surface area (Å²) < 4.78 is 0. The summed E-state index contributed by atoms with van der Waals surface area (Å²) in [4.78, 5) is 11.1. The van der Waals surface area contributed by atoms with Gasteiger partial charge in [-0.05, 0) is 19.4 Å². The van der Waals surface area contributed by atoms with Crippen LogP contribution in [0.15, 0.2) is 0 Å². The van der Waals surface area contributed by atoms with Crippen LogP contribution in [0.25, 0.3) is 0 Å². The van der Waals surface area contributed by atoms with E-state index in [1.54, 1.807) is 0 Å². The number of amides is 1. The van der Waals surface area contributed by atoms with E-state index in [9.17, 15) is 4.79 Å². The maximum absolute atomic E-state index is 11.1. The molecule has 0 spiro atoms. The van der Waals surface area contributed by atoms with E-state index in [-0.39, 0.29) is 11.9 Å². The quantitative estimate of drug-likeness (QED) is 0.477. The van der Waals surface area contributed by atoms with Gasteiger partial charge in [0, 0.05) is 6.54 Å². The monoisotopic (exact) mass is 173 g/mol. The largest absolute Gasteiger partial charge is 0.355 e. The van der Waals surface area contributed by atoms with Gasteiger partial charge < -0.3 is 16.8 Å². The highest BCUT2D eigenvalue weighted by Crippen LogP contribution is 1.92. The van der Waals surface area contributed by atoms with E-state index in [0.29, 0.717) is 13.1 Å². The van der Waals surface area contributed by atoms with Gasteiger partial charge in [-0.15, -0.1) is 0 Å². The van der Waals surface area contributed by atoms with Crippen LogP contribution in [0.1, 0.15) is 26.2 Å². The predicted octanol–water partition coefficient (Wildman–Crippen LogP) is -0.421. The Bertz CT molecular complexity index is 127. The van der Waals surface area contributed by atoms with E-state index in [2.05, 4.69) is 5.32 Å². The summed E-state index contributed by atoms with van der Waals surface area (Å²) in [5.74, 6) is -0.0645. The Hall–Kier alpha value is -0.610. The first-order chi connectivity index (χ1) is 5.72. The molecule has 0 heterocycles. The highest BCUT2D eigenvalue weighted by atomic mass is 16.2. The van der Waals surface area contributed by atoms with Crippen LogP contribution in [-0.4, -0.2) is 25.0 Å². The number of carbonyl (C=O) groups is 1. The van der Waals surface area contributed by atoms with Crippen molar-refractivity contribution in [3.63, 3.8) is 0 Å². The van der Waals surface area contributed by atoms with Gasteiger partial charge >= 0.3 is 0 Å². The number of carbonyl (C=O) groups excluding carboxylic acids is 1. The Morgan fingerprint density at radius 1 is 1.58 bits per heavy atom. The van der Waals surface area contributed by atoms with E-state index in [4.69, 9.17) is 11.5 Å². The van der Waals surface area contributed by atoms with Crippen molar-refractivity contribution in [2.45, 2.75) is 32.2 Å². The van der Waals surface area contributed by atoms with Crippen molar-refractivity contribution >= 4 is 5.91 Å². The van der Waals surface area contributed by atoms with Crippen LogP contribution in [0.4, 0.5) is 0 Å². The summed E-state index contributed by atoms with van der Waals surface area (Å²) in [6.07, 6.45) is 2.49. The van der Waals surface area contributed by atoms with Gasteiger partial charge in [0.1, 0.15) is 0 Å². The third-order valence-electron chi connectivity index (χ3n) is 1.62. The van der Waals surface area contributed by atoms with Crippen LogP contribution < -0.4 is 16.8 Å². The standard InChI is InChI=1S/C8H19N3O/c1-2-4-7(10)8(12)11-6-3-5-9/h7H,2-6,9-10H2,1H3,(H,11,12). The zero-order valence-electron chi connectivity index (χ0n) is 7.68. The molecule has 12 heavy (non-hydrogen) atoms. The number of hydrogen-bond donors (Lipinski definition) is 3. The van der Waals surface area contributed by atoms with Crippen molar-refractivity contribution in [1.29, 1.82) is 0 Å². The second kappa shape index (κ2) is 7.06. The molecule has 1 atom stereocenters. The third-order valence-corrected chi connectivity index (χ3v) is 1.62. The number of rotatable bonds is 6. The first kappa shape index (κ1) is 11.4. The number of hydrogen-bond acceptors (Lipinski definition) is 3. The lowest BCUT2D eigenvalue weighted by molar-refractivity contribution is -0.122. The van der Waals surface area contributed by atoms with Gasteiger partial charge in [0.2, 0.25) is 5.91 Å². The lowest BCUT2D eigenvalue weighted by Crippen LogP contribution is -2.41. The normalized spacial score (nSPS) is 12.6. The summed E-state index contributed by atoms with van der Waals surface area (Å²) in [5, 5.41) is 2.72. The zero-order chi connectivity index (χ0) is 9.40. The van der Waals surface area contributed by atoms with E-state index < -0.39 is 0 Å². The first-order valence-electron chi connectivity index (χ1n) is 4.45. The molecule has 0 aromatic rings. The molecule has 4 nitrogen and oxygen atoms in total. The van der Waals surface area contributed by atoms with E-state index in [1.807, 2.05) is 6.92 Å². The average molecular weight is 173 g/mol. The smallest absolute Gasteiger partial charge is 0.236 e. The Morgan fingerprint density at radius 3 is 2.75 bits per heavy atom. The summed E-state index contributed by atoms with van der Waals surface area (Å²) in [5.41, 5.74) is 10.8. The molecule has 72 valence electrons. The van der Waals surface area contributed by atoms with Gasteiger partial charge in [0.15, 0.2) is 0 Å². The van der Waals surface area contributed by atoms with Crippen molar-refractivity contribution in [2.24, 2.45) is 11.5 Å². The minimum atomic E-state index is -0.354. The SMILES string of the molecule is CCCC(N)C(=O)NCCCN. The molecule has 0 radical (unpaired) electrons. The fraction of sp³-hybridized carbons (Fsp3) is 0.875. The molecule has 4 heteroatoms. The zero-order valence-corrected chi connectivity index (χ0v) is 7.68. The van der Waals surface area contributed by atoms with Gasteiger partial charge in [-0.25, -0.2) is 0 Å². The second-order valence-corrected chi connectivity index (χ2v) is 2.83. The molecule has 5 N–H and O–H groups in total. The lowest BCUT2D eigenvalue weighted by atomic mass is 10.2. The van der Waals surface area contributed by atoms with Crippen LogP contribution >= 0.6 is 0 Å². The Morgan fingerprint density at radius 2 is 2.25 bits per heavy atom. The molecule has 0 aliphatic heterocycles. The molecular weight excluding hydrogens is 154 g/mol. The summed E-state index contributed by atoms with van der Waals surface area (Å²) in [6, 6.07) is -0.354. The molecule has 0 saturated carbocycles. The van der Waals surface area contributed by atoms with E-state index in [0.717, 1.165) is 19.3 Å². The summed E-state index contributed by atoms with van der Waals surface area (Å²) in [6.45, 7) is 3.24. The van der Waals surface area contributed by atoms with Crippen LogP contribution in [0.3, 0.4) is 0 Å². The number of nitrogens with one attached hydrogen (secondary N) is 1. The van der Waals surface area contributed by atoms with Gasteiger partial charge in [0.25, 0.3) is 0 Å². The fourth-order valence-electron chi connectivity index (χ4n) is 0.887. The molecule has 1 unspecified atom stereocenters. The fourth-order valence-corrected chi connectivity index (χ4v) is 0.887. The predicted molar refractivity (Wildman–Crippen MR) is 49.6 cm³/mol. The van der Waals surface area contributed by atoms with Crippen molar-refractivity contribution in [3.8, 4) is 0 Å². The van der Waals surface area contributed by atoms with Crippen LogP contribution in [0.2, 0.25) is 0 Å². The minimum absolute atomic E-state index is 0.0645. The molecule has 0 saturated heterocycles. The van der Waals surface area contributed by atoms with E-state index in [1.165, 1.54) is 0 Å². The van der Waals surface area contributed by atoms with Crippen molar-refractivity contribution in [1.82, 2.24) is 5.32 Å². The lowest BCUT2D eigenvalue weighted by Gasteiger charge is -2.10. The molecule has 0 bridgehead atoms. The van der Waals surface area contributed by atoms with Crippen molar-refractivity contribution in [3.05, 3.63) is 0 Å². The molecule has 0 aromatic carbocycles. The van der Waals surface area contributed by atoms with Crippen molar-refractivity contribution in [2.75, 3.05) is 13.1 Å². The summed E-state index contributed by atoms with van der Waals surface area (Å²) >= 11 is 0. The highest BCUT2D eigenvalue weighted by Gasteiger charge is 2.10. The highest BCUT2D eigenvalue weighted by molar-refractivity contribution is 5.81. The molecule has 1 amide bonds. The van der Waals surface area contributed by atoms with Crippen LogP contribution in [0.5, 0.6) is 0 Å². The topological polar surface area (TPSA) is 81.1 Å². The Kier molecular flexibility index (Phi) is 6.70. The van der Waals surface area contributed by atoms with Gasteiger partial charge in [0.05, 0.1) is 6.04 Å². The molecule has 0 aliphatic rings. The third kappa shape index (κ3) is 5.09. The molecule has 0 rings (SSSR count). The van der Waals surface area contributed by atoms with Crippen molar-refractivity contribution < 1.29 is 4.79 Å². The van der Waals surface area contributed by atoms with Crippen LogP contribution in [-0.2, 0) is 4.79 Å². The first-order valence-corrected chi connectivity index (χ1v) is 4.45. The average Bonchev–Trinajstić information content (AvgIpc) is 2.05. The summed E-state index contributed by atoms with van der Waals surface area (Å²) in [7, 11) is 0. The van der Waals surface area contributed by atoms with Gasteiger partial charge in [-0.2, -0.15) is 0 Å². The molecule has 0 aromatic heterocycles. The number of nitrogens with two attached hydrogens (primary N) is 2. The molecular formula is C8H19N3O. The van der Waals surface area contributed by atoms with Gasteiger partial charge in [-0.1, -0.05) is 13.3 Å². The van der Waals surface area contributed by atoms with Gasteiger partial charge in [-0.3, -0.25) is 4.79 Å². The molecule has 0 fully saturated rings. The Balaban J connectivity index is 3.43. The van der Waals surface area contributed by atoms with E-state index >= 15 is 0 Å². The minimum Gasteiger partial charge on any atom is -0.355 e. The second-order valence-electron chi connectivity index (χ2n) is 2.83. The Labute approximate surface area is 73.7 Å². The maximum Gasteiger partial charge on any atom is 0.236 e. The maximum atomic E-state index is 11.1. The van der Waals surface area contributed by atoms with Crippen LogP contribution in [0, 0.1) is 0 Å². The molecule has 0 aliphatic carbocycles.